The molecule has 0 aliphatic heterocycles. The summed E-state index contributed by atoms with van der Waals surface area (Å²) in [4.78, 5) is 18.5. The van der Waals surface area contributed by atoms with E-state index in [9.17, 15) is 4.79 Å². The predicted molar refractivity (Wildman–Crippen MR) is 97.4 cm³/mol. The Hall–Kier alpha value is -3.02. The Balaban J connectivity index is 1.65. The number of hydrogen-bond acceptors (Lipinski definition) is 5. The fourth-order valence-electron chi connectivity index (χ4n) is 2.57. The van der Waals surface area contributed by atoms with Gasteiger partial charge in [0.15, 0.2) is 5.58 Å². The molecule has 0 spiro atoms. The molecule has 0 atom stereocenters. The zero-order chi connectivity index (χ0) is 17.8. The van der Waals surface area contributed by atoms with E-state index >= 15 is 0 Å². The van der Waals surface area contributed by atoms with Crippen molar-refractivity contribution in [2.75, 3.05) is 32.6 Å². The minimum absolute atomic E-state index is 0.133. The smallest absolute Gasteiger partial charge is 0.297 e. The van der Waals surface area contributed by atoms with E-state index in [1.54, 1.807) is 30.2 Å². The summed E-state index contributed by atoms with van der Waals surface area (Å²) in [5, 5.41) is 2.93. The molecule has 0 unspecified atom stereocenters. The van der Waals surface area contributed by atoms with Gasteiger partial charge in [-0.1, -0.05) is 18.2 Å². The summed E-state index contributed by atoms with van der Waals surface area (Å²) in [6.45, 7) is 0.527. The first kappa shape index (κ1) is 16.8. The SMILES string of the molecule is COc1ccccc1CCNC(=O)c1ccc2oc(N(C)C)nc2c1. The van der Waals surface area contributed by atoms with Gasteiger partial charge in [-0.15, -0.1) is 0 Å². The molecular formula is C19H21N3O3. The lowest BCUT2D eigenvalue weighted by atomic mass is 10.1. The molecule has 0 fully saturated rings. The van der Waals surface area contributed by atoms with Crippen molar-refractivity contribution in [1.29, 1.82) is 0 Å². The molecule has 6 nitrogen and oxygen atoms in total. The molecule has 6 heteroatoms. The lowest BCUT2D eigenvalue weighted by Gasteiger charge is -2.09. The number of carbonyl (C=O) groups is 1. The van der Waals surface area contributed by atoms with Gasteiger partial charge in [0.1, 0.15) is 11.3 Å². The highest BCUT2D eigenvalue weighted by Crippen LogP contribution is 2.21. The highest BCUT2D eigenvalue weighted by Gasteiger charge is 2.11. The molecule has 0 aliphatic rings. The van der Waals surface area contributed by atoms with Gasteiger partial charge in [-0.25, -0.2) is 0 Å². The summed E-state index contributed by atoms with van der Waals surface area (Å²) < 4.78 is 10.9. The summed E-state index contributed by atoms with van der Waals surface area (Å²) in [7, 11) is 5.36. The van der Waals surface area contributed by atoms with Crippen molar-refractivity contribution in [2.45, 2.75) is 6.42 Å². The number of anilines is 1. The van der Waals surface area contributed by atoms with Gasteiger partial charge < -0.3 is 19.4 Å². The fourth-order valence-corrected chi connectivity index (χ4v) is 2.57. The van der Waals surface area contributed by atoms with Crippen LogP contribution in [-0.4, -0.2) is 38.6 Å². The van der Waals surface area contributed by atoms with Crippen molar-refractivity contribution in [2.24, 2.45) is 0 Å². The maximum absolute atomic E-state index is 12.4. The molecular weight excluding hydrogens is 318 g/mol. The Morgan fingerprint density at radius 3 is 2.80 bits per heavy atom. The lowest BCUT2D eigenvalue weighted by molar-refractivity contribution is 0.0954. The second-order valence-corrected chi connectivity index (χ2v) is 5.89. The van der Waals surface area contributed by atoms with Crippen molar-refractivity contribution < 1.29 is 13.9 Å². The van der Waals surface area contributed by atoms with E-state index in [4.69, 9.17) is 9.15 Å². The first-order valence-corrected chi connectivity index (χ1v) is 8.06. The quantitative estimate of drug-likeness (QED) is 0.748. The Morgan fingerprint density at radius 1 is 1.24 bits per heavy atom. The van der Waals surface area contributed by atoms with Crippen LogP contribution in [0.25, 0.3) is 11.1 Å². The van der Waals surface area contributed by atoms with E-state index in [1.807, 2.05) is 38.4 Å². The number of aromatic nitrogens is 1. The van der Waals surface area contributed by atoms with Gasteiger partial charge in [0.2, 0.25) is 0 Å². The van der Waals surface area contributed by atoms with E-state index in [0.29, 0.717) is 35.6 Å². The summed E-state index contributed by atoms with van der Waals surface area (Å²) >= 11 is 0. The topological polar surface area (TPSA) is 67.6 Å². The number of fused-ring (bicyclic) bond motifs is 1. The molecule has 0 radical (unpaired) electrons. The number of methoxy groups -OCH3 is 1. The molecule has 0 saturated heterocycles. The van der Waals surface area contributed by atoms with Gasteiger partial charge in [-0.2, -0.15) is 4.98 Å². The van der Waals surface area contributed by atoms with Gasteiger partial charge in [-0.3, -0.25) is 4.79 Å². The van der Waals surface area contributed by atoms with Crippen LogP contribution < -0.4 is 15.0 Å². The molecule has 1 heterocycles. The van der Waals surface area contributed by atoms with Crippen LogP contribution in [0.4, 0.5) is 6.01 Å². The van der Waals surface area contributed by atoms with E-state index in [2.05, 4.69) is 10.3 Å². The number of oxazole rings is 1. The molecule has 1 aromatic heterocycles. The first-order valence-electron chi connectivity index (χ1n) is 8.06. The molecule has 25 heavy (non-hydrogen) atoms. The molecule has 0 bridgehead atoms. The third kappa shape index (κ3) is 3.74. The van der Waals surface area contributed by atoms with Gasteiger partial charge in [0.05, 0.1) is 7.11 Å². The number of hydrogen-bond donors (Lipinski definition) is 1. The average Bonchev–Trinajstić information content (AvgIpc) is 3.05. The van der Waals surface area contributed by atoms with Gasteiger partial charge in [0.25, 0.3) is 11.9 Å². The third-order valence-electron chi connectivity index (χ3n) is 3.89. The molecule has 130 valence electrons. The monoisotopic (exact) mass is 339 g/mol. The standard InChI is InChI=1S/C19H21N3O3/c1-22(2)19-21-15-12-14(8-9-17(15)25-19)18(23)20-11-10-13-6-4-5-7-16(13)24-3/h4-9,12H,10-11H2,1-3H3,(H,20,23). The van der Waals surface area contributed by atoms with Crippen molar-refractivity contribution in [3.05, 3.63) is 53.6 Å². The van der Waals surface area contributed by atoms with Crippen LogP contribution in [0.5, 0.6) is 5.75 Å². The van der Waals surface area contributed by atoms with Crippen LogP contribution in [-0.2, 0) is 6.42 Å². The zero-order valence-electron chi connectivity index (χ0n) is 14.6. The van der Waals surface area contributed by atoms with E-state index < -0.39 is 0 Å². The van der Waals surface area contributed by atoms with Crippen molar-refractivity contribution in [1.82, 2.24) is 10.3 Å². The van der Waals surface area contributed by atoms with Crippen LogP contribution in [0.15, 0.2) is 46.9 Å². The number of nitrogens with zero attached hydrogens (tertiary/aromatic N) is 2. The number of ether oxygens (including phenoxy) is 1. The minimum atomic E-state index is -0.133. The van der Waals surface area contributed by atoms with Crippen LogP contribution >= 0.6 is 0 Å². The molecule has 2 aromatic carbocycles. The number of benzene rings is 2. The molecule has 1 N–H and O–H groups in total. The maximum Gasteiger partial charge on any atom is 0.297 e. The van der Waals surface area contributed by atoms with E-state index in [0.717, 1.165) is 11.3 Å². The predicted octanol–water partition coefficient (Wildman–Crippen LogP) is 2.87. The van der Waals surface area contributed by atoms with Gasteiger partial charge >= 0.3 is 0 Å². The Bertz CT molecular complexity index is 887. The second kappa shape index (κ2) is 7.25. The van der Waals surface area contributed by atoms with E-state index in [-0.39, 0.29) is 5.91 Å². The second-order valence-electron chi connectivity index (χ2n) is 5.89. The van der Waals surface area contributed by atoms with Gasteiger partial charge in [-0.05, 0) is 36.2 Å². The van der Waals surface area contributed by atoms with E-state index in [1.165, 1.54) is 0 Å². The number of para-hydroxylation sites is 1. The highest BCUT2D eigenvalue weighted by atomic mass is 16.5. The summed E-state index contributed by atoms with van der Waals surface area (Å²) in [5.41, 5.74) is 2.95. The van der Waals surface area contributed by atoms with Gasteiger partial charge in [0, 0.05) is 26.2 Å². The third-order valence-corrected chi connectivity index (χ3v) is 3.89. The summed E-state index contributed by atoms with van der Waals surface area (Å²) in [5.74, 6) is 0.697. The highest BCUT2D eigenvalue weighted by molar-refractivity contribution is 5.97. The molecule has 3 rings (SSSR count). The van der Waals surface area contributed by atoms with Crippen molar-refractivity contribution >= 4 is 23.0 Å². The molecule has 0 saturated carbocycles. The van der Waals surface area contributed by atoms with Crippen LogP contribution in [0.2, 0.25) is 0 Å². The lowest BCUT2D eigenvalue weighted by Crippen LogP contribution is -2.25. The minimum Gasteiger partial charge on any atom is -0.496 e. The van der Waals surface area contributed by atoms with Crippen molar-refractivity contribution in [3.63, 3.8) is 0 Å². The van der Waals surface area contributed by atoms with Crippen LogP contribution in [0, 0.1) is 0 Å². The zero-order valence-corrected chi connectivity index (χ0v) is 14.6. The fraction of sp³-hybridized carbons (Fsp3) is 0.263. The maximum atomic E-state index is 12.4. The molecule has 0 aliphatic carbocycles. The molecule has 1 amide bonds. The largest absolute Gasteiger partial charge is 0.496 e. The average molecular weight is 339 g/mol. The number of carbonyl (C=O) groups excluding carboxylic acids is 1. The normalized spacial score (nSPS) is 10.7. The van der Waals surface area contributed by atoms with Crippen LogP contribution in [0.3, 0.4) is 0 Å². The number of nitrogens with one attached hydrogen (secondary N) is 1. The van der Waals surface area contributed by atoms with Crippen molar-refractivity contribution in [3.8, 4) is 5.75 Å². The molecule has 3 aromatic rings. The summed E-state index contributed by atoms with van der Waals surface area (Å²) in [6.07, 6.45) is 0.701. The Labute approximate surface area is 146 Å². The Morgan fingerprint density at radius 2 is 2.04 bits per heavy atom. The summed E-state index contributed by atoms with van der Waals surface area (Å²) in [6, 6.07) is 13.6. The Kier molecular flexibility index (Phi) is 4.88. The first-order chi connectivity index (χ1) is 12.1. The number of amides is 1. The van der Waals surface area contributed by atoms with Crippen LogP contribution in [0.1, 0.15) is 15.9 Å². The number of rotatable bonds is 6.